The van der Waals surface area contributed by atoms with Gasteiger partial charge in [0.2, 0.25) is 5.82 Å². The zero-order valence-electron chi connectivity index (χ0n) is 16.9. The number of carbonyl (C=O) groups is 2. The van der Waals surface area contributed by atoms with Gasteiger partial charge in [-0.3, -0.25) is 15.4 Å². The highest BCUT2D eigenvalue weighted by Crippen LogP contribution is 2.29. The van der Waals surface area contributed by atoms with Crippen molar-refractivity contribution in [2.75, 3.05) is 12.4 Å². The number of urea groups is 1. The summed E-state index contributed by atoms with van der Waals surface area (Å²) in [6, 6.07) is 12.6. The molecule has 9 nitrogen and oxygen atoms in total. The fourth-order valence-corrected chi connectivity index (χ4v) is 3.44. The Hall–Kier alpha value is -4.34. The van der Waals surface area contributed by atoms with Crippen molar-refractivity contribution in [2.45, 2.75) is 13.1 Å². The standard InChI is InChI=1S/C22H17FN4O5/c1-32-21(28)14-2-3-15-11-26(12-16(15)10-14)22(29)25-20-19(27(30)31)9-8-18(24-20)13-4-6-17(23)7-5-13/h2-10H,11-12H2,1H3,(H,24,25,29). The van der Waals surface area contributed by atoms with Crippen molar-refractivity contribution in [3.63, 3.8) is 0 Å². The number of ether oxygens (including phenoxy) is 1. The molecule has 2 heterocycles. The van der Waals surface area contributed by atoms with Gasteiger partial charge in [0.1, 0.15) is 5.82 Å². The van der Waals surface area contributed by atoms with Crippen LogP contribution in [-0.2, 0) is 17.8 Å². The second kappa shape index (κ2) is 8.42. The number of pyridine rings is 1. The zero-order valence-corrected chi connectivity index (χ0v) is 16.9. The van der Waals surface area contributed by atoms with E-state index in [-0.39, 0.29) is 24.6 Å². The van der Waals surface area contributed by atoms with Crippen LogP contribution in [0.1, 0.15) is 21.5 Å². The number of anilines is 1. The number of nitro groups is 1. The Morgan fingerprint density at radius 1 is 1.09 bits per heavy atom. The van der Waals surface area contributed by atoms with Crippen LogP contribution in [0.5, 0.6) is 0 Å². The van der Waals surface area contributed by atoms with Gasteiger partial charge in [0.05, 0.1) is 23.3 Å². The maximum atomic E-state index is 13.2. The number of fused-ring (bicyclic) bond motifs is 1. The second-order valence-corrected chi connectivity index (χ2v) is 7.09. The van der Waals surface area contributed by atoms with E-state index in [4.69, 9.17) is 4.74 Å². The number of nitrogens with zero attached hydrogens (tertiary/aromatic N) is 3. The molecule has 0 bridgehead atoms. The molecule has 0 spiro atoms. The van der Waals surface area contributed by atoms with Crippen molar-refractivity contribution in [1.82, 2.24) is 9.88 Å². The quantitative estimate of drug-likeness (QED) is 0.374. The number of carbonyl (C=O) groups excluding carboxylic acids is 2. The van der Waals surface area contributed by atoms with Gasteiger partial charge >= 0.3 is 17.7 Å². The maximum absolute atomic E-state index is 13.2. The molecule has 32 heavy (non-hydrogen) atoms. The van der Waals surface area contributed by atoms with Gasteiger partial charge in [0, 0.05) is 24.7 Å². The van der Waals surface area contributed by atoms with E-state index < -0.39 is 22.7 Å². The molecule has 10 heteroatoms. The number of hydrogen-bond acceptors (Lipinski definition) is 6. The Balaban J connectivity index is 1.57. The summed E-state index contributed by atoms with van der Waals surface area (Å²) < 4.78 is 17.9. The predicted octanol–water partition coefficient (Wildman–Crippen LogP) is 4.13. The van der Waals surface area contributed by atoms with Crippen LogP contribution in [0, 0.1) is 15.9 Å². The first kappa shape index (κ1) is 20.9. The molecule has 1 aliphatic heterocycles. The lowest BCUT2D eigenvalue weighted by Gasteiger charge is -2.16. The lowest BCUT2D eigenvalue weighted by Crippen LogP contribution is -2.30. The van der Waals surface area contributed by atoms with E-state index in [1.807, 2.05) is 0 Å². The number of methoxy groups -OCH3 is 1. The maximum Gasteiger partial charge on any atom is 0.337 e. The minimum absolute atomic E-state index is 0.215. The Bertz CT molecular complexity index is 1230. The van der Waals surface area contributed by atoms with Gasteiger partial charge in [-0.1, -0.05) is 6.07 Å². The van der Waals surface area contributed by atoms with Crippen LogP contribution in [0.4, 0.5) is 20.7 Å². The van der Waals surface area contributed by atoms with Crippen molar-refractivity contribution >= 4 is 23.5 Å². The fourth-order valence-electron chi connectivity index (χ4n) is 3.44. The molecule has 4 rings (SSSR count). The van der Waals surface area contributed by atoms with Crippen molar-refractivity contribution < 1.29 is 23.6 Å². The van der Waals surface area contributed by atoms with Gasteiger partial charge in [-0.15, -0.1) is 0 Å². The van der Waals surface area contributed by atoms with Crippen LogP contribution < -0.4 is 5.32 Å². The topological polar surface area (TPSA) is 115 Å². The van der Waals surface area contributed by atoms with E-state index in [1.54, 1.807) is 18.2 Å². The summed E-state index contributed by atoms with van der Waals surface area (Å²) in [5, 5.41) is 13.9. The molecule has 2 aromatic carbocycles. The third kappa shape index (κ3) is 4.10. The summed E-state index contributed by atoms with van der Waals surface area (Å²) in [7, 11) is 1.29. The molecule has 3 aromatic rings. The molecular weight excluding hydrogens is 419 g/mol. The molecule has 0 unspecified atom stereocenters. The number of halogens is 1. The van der Waals surface area contributed by atoms with E-state index >= 15 is 0 Å². The van der Waals surface area contributed by atoms with Gasteiger partial charge < -0.3 is 9.64 Å². The number of aromatic nitrogens is 1. The number of hydrogen-bond donors (Lipinski definition) is 1. The number of nitrogens with one attached hydrogen (secondary N) is 1. The number of amides is 2. The molecule has 0 saturated carbocycles. The number of benzene rings is 2. The van der Waals surface area contributed by atoms with E-state index in [0.717, 1.165) is 11.1 Å². The largest absolute Gasteiger partial charge is 0.465 e. The molecule has 1 aliphatic rings. The predicted molar refractivity (Wildman–Crippen MR) is 112 cm³/mol. The highest BCUT2D eigenvalue weighted by molar-refractivity contribution is 5.92. The molecule has 0 atom stereocenters. The molecule has 0 aliphatic carbocycles. The van der Waals surface area contributed by atoms with E-state index in [2.05, 4.69) is 10.3 Å². The molecule has 2 amide bonds. The van der Waals surface area contributed by atoms with Crippen molar-refractivity contribution in [1.29, 1.82) is 0 Å². The highest BCUT2D eigenvalue weighted by Gasteiger charge is 2.27. The van der Waals surface area contributed by atoms with Crippen LogP contribution in [-0.4, -0.2) is 33.9 Å². The third-order valence-electron chi connectivity index (χ3n) is 5.07. The third-order valence-corrected chi connectivity index (χ3v) is 5.07. The summed E-state index contributed by atoms with van der Waals surface area (Å²) in [6.07, 6.45) is 0. The smallest absolute Gasteiger partial charge is 0.337 e. The Labute approximate surface area is 181 Å². The van der Waals surface area contributed by atoms with Crippen LogP contribution in [0.3, 0.4) is 0 Å². The Morgan fingerprint density at radius 2 is 1.81 bits per heavy atom. The van der Waals surface area contributed by atoms with Crippen molar-refractivity contribution in [3.8, 4) is 11.3 Å². The summed E-state index contributed by atoms with van der Waals surface area (Å²) in [4.78, 5) is 41.0. The van der Waals surface area contributed by atoms with Gasteiger partial charge in [-0.2, -0.15) is 0 Å². The van der Waals surface area contributed by atoms with Gasteiger partial charge in [-0.25, -0.2) is 19.0 Å². The molecular formula is C22H17FN4O5. The normalized spacial score (nSPS) is 12.2. The molecule has 0 fully saturated rings. The lowest BCUT2D eigenvalue weighted by atomic mass is 10.1. The Morgan fingerprint density at radius 3 is 2.50 bits per heavy atom. The molecule has 1 aromatic heterocycles. The second-order valence-electron chi connectivity index (χ2n) is 7.09. The van der Waals surface area contributed by atoms with E-state index in [0.29, 0.717) is 16.8 Å². The van der Waals surface area contributed by atoms with Gasteiger partial charge in [0.25, 0.3) is 0 Å². The monoisotopic (exact) mass is 436 g/mol. The van der Waals surface area contributed by atoms with Crippen LogP contribution in [0.2, 0.25) is 0 Å². The van der Waals surface area contributed by atoms with E-state index in [1.165, 1.54) is 48.4 Å². The minimum atomic E-state index is -0.640. The first-order valence-electron chi connectivity index (χ1n) is 9.53. The first-order valence-corrected chi connectivity index (χ1v) is 9.53. The SMILES string of the molecule is COC(=O)c1ccc2c(c1)CN(C(=O)Nc1nc(-c3ccc(F)cc3)ccc1[N+](=O)[O-])C2. The fraction of sp³-hybridized carbons (Fsp3) is 0.136. The molecule has 1 N–H and O–H groups in total. The van der Waals surface area contributed by atoms with Crippen LogP contribution in [0.15, 0.2) is 54.6 Å². The average Bonchev–Trinajstić information content (AvgIpc) is 3.22. The number of esters is 1. The van der Waals surface area contributed by atoms with Crippen molar-refractivity contribution in [3.05, 3.63) is 87.2 Å². The van der Waals surface area contributed by atoms with Gasteiger partial charge in [0.15, 0.2) is 0 Å². The zero-order chi connectivity index (χ0) is 22.8. The summed E-state index contributed by atoms with van der Waals surface area (Å²) in [5.74, 6) is -1.12. The van der Waals surface area contributed by atoms with Gasteiger partial charge in [-0.05, 0) is 53.6 Å². The number of rotatable bonds is 4. The molecule has 0 saturated heterocycles. The van der Waals surface area contributed by atoms with Crippen LogP contribution in [0.25, 0.3) is 11.3 Å². The first-order chi connectivity index (χ1) is 15.4. The summed E-state index contributed by atoms with van der Waals surface area (Å²) in [6.45, 7) is 0.492. The average molecular weight is 436 g/mol. The Kier molecular flexibility index (Phi) is 5.50. The van der Waals surface area contributed by atoms with E-state index in [9.17, 15) is 24.1 Å². The minimum Gasteiger partial charge on any atom is -0.465 e. The summed E-state index contributed by atoms with van der Waals surface area (Å²) >= 11 is 0. The molecule has 162 valence electrons. The van der Waals surface area contributed by atoms with Crippen molar-refractivity contribution in [2.24, 2.45) is 0 Å². The lowest BCUT2D eigenvalue weighted by molar-refractivity contribution is -0.384. The van der Waals surface area contributed by atoms with Crippen LogP contribution >= 0.6 is 0 Å². The highest BCUT2D eigenvalue weighted by atomic mass is 19.1. The molecule has 0 radical (unpaired) electrons. The summed E-state index contributed by atoms with van der Waals surface area (Å²) in [5.41, 5.74) is 2.53.